The van der Waals surface area contributed by atoms with E-state index in [-0.39, 0.29) is 0 Å². The molecule has 1 aromatic carbocycles. The van der Waals surface area contributed by atoms with E-state index in [0.717, 1.165) is 43.5 Å². The van der Waals surface area contributed by atoms with Crippen LogP contribution in [0.15, 0.2) is 12.1 Å². The van der Waals surface area contributed by atoms with E-state index in [2.05, 4.69) is 35.0 Å². The average molecular weight is 311 g/mol. The van der Waals surface area contributed by atoms with Gasteiger partial charge in [0.15, 0.2) is 11.5 Å². The summed E-state index contributed by atoms with van der Waals surface area (Å²) < 4.78 is 11.6. The molecule has 1 aromatic rings. The number of aryl methyl sites for hydroxylation is 1. The maximum absolute atomic E-state index is 5.78. The minimum atomic E-state index is 0.446. The Bertz CT molecular complexity index is 444. The van der Waals surface area contributed by atoms with Crippen LogP contribution in [0, 0.1) is 5.92 Å². The van der Waals surface area contributed by atoms with Crippen LogP contribution in [-0.4, -0.2) is 13.2 Å². The molecule has 0 saturated heterocycles. The lowest BCUT2D eigenvalue weighted by molar-refractivity contribution is 0.297. The summed E-state index contributed by atoms with van der Waals surface area (Å²) in [5.41, 5.74) is 2.81. The molecule has 0 fully saturated rings. The Balaban J connectivity index is 2.01. The Morgan fingerprint density at radius 3 is 2.67 bits per heavy atom. The molecule has 0 radical (unpaired) electrons. The van der Waals surface area contributed by atoms with E-state index in [1.807, 2.05) is 0 Å². The zero-order chi connectivity index (χ0) is 12.5. The second-order valence-corrected chi connectivity index (χ2v) is 6.50. The molecule has 0 saturated carbocycles. The molecule has 0 amide bonds. The lowest BCUT2D eigenvalue weighted by atomic mass is 10.0. The van der Waals surface area contributed by atoms with Crippen LogP contribution in [0.1, 0.15) is 42.1 Å². The van der Waals surface area contributed by atoms with Gasteiger partial charge in [-0.15, -0.1) is 0 Å². The molecule has 0 spiro atoms. The lowest BCUT2D eigenvalue weighted by Gasteiger charge is -2.16. The van der Waals surface area contributed by atoms with Gasteiger partial charge in [0, 0.05) is 11.2 Å². The van der Waals surface area contributed by atoms with E-state index in [1.165, 1.54) is 24.0 Å². The fourth-order valence-corrected chi connectivity index (χ4v) is 3.84. The van der Waals surface area contributed by atoms with Gasteiger partial charge in [-0.2, -0.15) is 0 Å². The maximum atomic E-state index is 5.78. The summed E-state index contributed by atoms with van der Waals surface area (Å²) in [7, 11) is 0. The Labute approximate surface area is 117 Å². The molecule has 0 bridgehead atoms. The van der Waals surface area contributed by atoms with E-state index in [4.69, 9.17) is 9.47 Å². The third-order valence-electron chi connectivity index (χ3n) is 3.86. The monoisotopic (exact) mass is 310 g/mol. The summed E-state index contributed by atoms with van der Waals surface area (Å²) in [6.07, 6.45) is 4.57. The maximum Gasteiger partial charge on any atom is 0.161 e. The Morgan fingerprint density at radius 2 is 1.89 bits per heavy atom. The molecule has 3 heteroatoms. The number of benzene rings is 1. The van der Waals surface area contributed by atoms with Crippen LogP contribution in [0.5, 0.6) is 11.5 Å². The fraction of sp³-hybridized carbons (Fsp3) is 0.600. The molecule has 2 nitrogen and oxygen atoms in total. The smallest absolute Gasteiger partial charge is 0.161 e. The van der Waals surface area contributed by atoms with Gasteiger partial charge < -0.3 is 9.47 Å². The van der Waals surface area contributed by atoms with Crippen LogP contribution in [0.4, 0.5) is 0 Å². The number of halogens is 1. The van der Waals surface area contributed by atoms with E-state index in [9.17, 15) is 0 Å². The van der Waals surface area contributed by atoms with Crippen LogP contribution < -0.4 is 9.47 Å². The molecule has 1 heterocycles. The topological polar surface area (TPSA) is 18.5 Å². The normalized spacial score (nSPS) is 27.0. The molecule has 2 unspecified atom stereocenters. The van der Waals surface area contributed by atoms with Gasteiger partial charge in [0.25, 0.3) is 0 Å². The third kappa shape index (κ3) is 2.37. The highest BCUT2D eigenvalue weighted by Crippen LogP contribution is 2.42. The zero-order valence-corrected chi connectivity index (χ0v) is 12.3. The number of rotatable bonds is 0. The molecule has 18 heavy (non-hydrogen) atoms. The minimum Gasteiger partial charge on any atom is -0.490 e. The van der Waals surface area contributed by atoms with Crippen LogP contribution in [0.25, 0.3) is 0 Å². The first-order valence-electron chi connectivity index (χ1n) is 6.80. The number of fused-ring (bicyclic) bond motifs is 2. The predicted molar refractivity (Wildman–Crippen MR) is 75.8 cm³/mol. The van der Waals surface area contributed by atoms with Gasteiger partial charge in [-0.25, -0.2) is 0 Å². The van der Waals surface area contributed by atoms with Crippen molar-refractivity contribution in [3.05, 3.63) is 23.3 Å². The van der Waals surface area contributed by atoms with Crippen LogP contribution in [-0.2, 0) is 6.42 Å². The van der Waals surface area contributed by atoms with Crippen molar-refractivity contribution in [3.63, 3.8) is 0 Å². The number of ether oxygens (including phenoxy) is 2. The van der Waals surface area contributed by atoms with Crippen LogP contribution >= 0.6 is 15.9 Å². The Kier molecular flexibility index (Phi) is 3.51. The summed E-state index contributed by atoms with van der Waals surface area (Å²) >= 11 is 3.83. The molecular weight excluding hydrogens is 292 g/mol. The summed E-state index contributed by atoms with van der Waals surface area (Å²) in [6, 6.07) is 4.38. The van der Waals surface area contributed by atoms with Gasteiger partial charge in [-0.1, -0.05) is 22.9 Å². The highest BCUT2D eigenvalue weighted by molar-refractivity contribution is 9.09. The molecule has 1 aliphatic heterocycles. The Morgan fingerprint density at radius 1 is 1.17 bits per heavy atom. The minimum absolute atomic E-state index is 0.446. The van der Waals surface area contributed by atoms with E-state index >= 15 is 0 Å². The first-order chi connectivity index (χ1) is 8.74. The molecule has 2 aliphatic rings. The van der Waals surface area contributed by atoms with Crippen molar-refractivity contribution < 1.29 is 9.47 Å². The third-order valence-corrected chi connectivity index (χ3v) is 4.73. The second kappa shape index (κ2) is 5.12. The first-order valence-corrected chi connectivity index (χ1v) is 7.72. The summed E-state index contributed by atoms with van der Waals surface area (Å²) in [4.78, 5) is 0.446. The van der Waals surface area contributed by atoms with Gasteiger partial charge in [0.1, 0.15) is 0 Å². The standard InChI is InChI=1S/C15H19BrO2/c1-10-3-4-11-8-14-15(18-6-2-5-17-14)9-12(11)13(16)7-10/h8-10,13H,2-7H2,1H3. The number of hydrogen-bond donors (Lipinski definition) is 0. The molecule has 0 N–H and O–H groups in total. The lowest BCUT2D eigenvalue weighted by Crippen LogP contribution is -1.98. The predicted octanol–water partition coefficient (Wildman–Crippen LogP) is 4.26. The Hall–Kier alpha value is -0.700. The van der Waals surface area contributed by atoms with Crippen molar-refractivity contribution in [2.75, 3.05) is 13.2 Å². The van der Waals surface area contributed by atoms with Crippen molar-refractivity contribution >= 4 is 15.9 Å². The number of hydrogen-bond acceptors (Lipinski definition) is 2. The molecule has 0 aromatic heterocycles. The SMILES string of the molecule is CC1CCc2cc3c(cc2C(Br)C1)OCCCO3. The van der Waals surface area contributed by atoms with Gasteiger partial charge in [-0.3, -0.25) is 0 Å². The average Bonchev–Trinajstić information content (AvgIpc) is 2.65. The van der Waals surface area contributed by atoms with E-state index < -0.39 is 0 Å². The van der Waals surface area contributed by atoms with Crippen molar-refractivity contribution in [1.29, 1.82) is 0 Å². The first kappa shape index (κ1) is 12.3. The van der Waals surface area contributed by atoms with Gasteiger partial charge in [-0.05, 0) is 48.4 Å². The van der Waals surface area contributed by atoms with Crippen molar-refractivity contribution in [3.8, 4) is 11.5 Å². The highest BCUT2D eigenvalue weighted by atomic mass is 79.9. The highest BCUT2D eigenvalue weighted by Gasteiger charge is 2.23. The van der Waals surface area contributed by atoms with Gasteiger partial charge in [0.05, 0.1) is 13.2 Å². The summed E-state index contributed by atoms with van der Waals surface area (Å²) in [5, 5.41) is 0. The van der Waals surface area contributed by atoms with Gasteiger partial charge >= 0.3 is 0 Å². The van der Waals surface area contributed by atoms with Crippen molar-refractivity contribution in [1.82, 2.24) is 0 Å². The molecule has 3 rings (SSSR count). The molecule has 98 valence electrons. The quantitative estimate of drug-likeness (QED) is 0.526. The molecular formula is C15H19BrO2. The van der Waals surface area contributed by atoms with Crippen molar-refractivity contribution in [2.45, 2.75) is 37.4 Å². The zero-order valence-electron chi connectivity index (χ0n) is 10.7. The number of alkyl halides is 1. The van der Waals surface area contributed by atoms with Crippen LogP contribution in [0.2, 0.25) is 0 Å². The van der Waals surface area contributed by atoms with Gasteiger partial charge in [0.2, 0.25) is 0 Å². The molecule has 1 aliphatic carbocycles. The largest absolute Gasteiger partial charge is 0.490 e. The molecule has 2 atom stereocenters. The summed E-state index contributed by atoms with van der Waals surface area (Å²) in [5.74, 6) is 2.62. The van der Waals surface area contributed by atoms with Crippen LogP contribution in [0.3, 0.4) is 0 Å². The van der Waals surface area contributed by atoms with E-state index in [0.29, 0.717) is 4.83 Å². The second-order valence-electron chi connectivity index (χ2n) is 5.40. The fourth-order valence-electron chi connectivity index (χ4n) is 2.77. The van der Waals surface area contributed by atoms with Crippen molar-refractivity contribution in [2.24, 2.45) is 5.92 Å². The van der Waals surface area contributed by atoms with E-state index in [1.54, 1.807) is 0 Å². The summed E-state index contributed by atoms with van der Waals surface area (Å²) in [6.45, 7) is 3.85.